The average molecular weight is 359 g/mol. The van der Waals surface area contributed by atoms with Crippen LogP contribution in [0.1, 0.15) is 35.8 Å². The van der Waals surface area contributed by atoms with Gasteiger partial charge in [0.25, 0.3) is 5.91 Å². The number of nitrogens with zero attached hydrogens (tertiary/aromatic N) is 3. The Labute approximate surface area is 153 Å². The minimum Gasteiger partial charge on any atom is -0.368 e. The Morgan fingerprint density at radius 2 is 2.08 bits per heavy atom. The Hall–Kier alpha value is -2.14. The third kappa shape index (κ3) is 4.92. The molecule has 1 aliphatic heterocycles. The number of carbonyl (C=O) groups excluding carboxylic acids is 1. The maximum Gasteiger partial charge on any atom is 0.274 e. The fourth-order valence-corrected chi connectivity index (χ4v) is 3.18. The molecule has 2 heterocycles. The van der Waals surface area contributed by atoms with Gasteiger partial charge in [0.15, 0.2) is 0 Å². The minimum atomic E-state index is -0.0215. The highest BCUT2D eigenvalue weighted by molar-refractivity contribution is 6.30. The SMILES string of the molecule is CC1CCCN(C(=O)c2cnc(NCCc3ccc(Cl)cc3)cn2)C1. The first-order valence-electron chi connectivity index (χ1n) is 8.71. The van der Waals surface area contributed by atoms with Crippen molar-refractivity contribution in [3.8, 4) is 0 Å². The van der Waals surface area contributed by atoms with Gasteiger partial charge in [0.2, 0.25) is 0 Å². The number of rotatable bonds is 5. The molecule has 1 amide bonds. The quantitative estimate of drug-likeness (QED) is 0.886. The summed E-state index contributed by atoms with van der Waals surface area (Å²) in [6.45, 7) is 4.54. The van der Waals surface area contributed by atoms with Gasteiger partial charge in [-0.2, -0.15) is 0 Å². The number of likely N-dealkylation sites (tertiary alicyclic amines) is 1. The van der Waals surface area contributed by atoms with Crippen molar-refractivity contribution < 1.29 is 4.79 Å². The van der Waals surface area contributed by atoms with E-state index in [1.54, 1.807) is 12.4 Å². The summed E-state index contributed by atoms with van der Waals surface area (Å²) >= 11 is 5.88. The Bertz CT molecular complexity index is 702. The van der Waals surface area contributed by atoms with Crippen LogP contribution in [0.25, 0.3) is 0 Å². The first-order chi connectivity index (χ1) is 12.1. The molecule has 0 spiro atoms. The van der Waals surface area contributed by atoms with Crippen LogP contribution in [0.3, 0.4) is 0 Å². The Morgan fingerprint density at radius 1 is 1.28 bits per heavy atom. The van der Waals surface area contributed by atoms with E-state index in [-0.39, 0.29) is 5.91 Å². The lowest BCUT2D eigenvalue weighted by Crippen LogP contribution is -2.39. The fourth-order valence-electron chi connectivity index (χ4n) is 3.05. The Morgan fingerprint density at radius 3 is 2.76 bits per heavy atom. The van der Waals surface area contributed by atoms with Gasteiger partial charge in [0, 0.05) is 24.7 Å². The number of hydrogen-bond acceptors (Lipinski definition) is 4. The molecular weight excluding hydrogens is 336 g/mol. The molecule has 1 aromatic heterocycles. The van der Waals surface area contributed by atoms with Gasteiger partial charge in [-0.3, -0.25) is 4.79 Å². The van der Waals surface area contributed by atoms with Crippen molar-refractivity contribution in [3.63, 3.8) is 0 Å². The topological polar surface area (TPSA) is 58.1 Å². The molecule has 1 aromatic carbocycles. The Balaban J connectivity index is 1.51. The fraction of sp³-hybridized carbons (Fsp3) is 0.421. The summed E-state index contributed by atoms with van der Waals surface area (Å²) in [6.07, 6.45) is 6.30. The van der Waals surface area contributed by atoms with Crippen LogP contribution in [0.15, 0.2) is 36.7 Å². The van der Waals surface area contributed by atoms with Gasteiger partial charge in [-0.05, 0) is 42.9 Å². The number of carbonyl (C=O) groups is 1. The first kappa shape index (κ1) is 17.7. The molecule has 0 aliphatic carbocycles. The summed E-state index contributed by atoms with van der Waals surface area (Å²) in [7, 11) is 0. The van der Waals surface area contributed by atoms with Crippen LogP contribution in [-0.2, 0) is 6.42 Å². The van der Waals surface area contributed by atoms with E-state index in [9.17, 15) is 4.79 Å². The summed E-state index contributed by atoms with van der Waals surface area (Å²) in [5.41, 5.74) is 1.62. The second-order valence-corrected chi connectivity index (χ2v) is 7.03. The predicted molar refractivity (Wildman–Crippen MR) is 100.0 cm³/mol. The Kier molecular flexibility index (Phi) is 5.87. The van der Waals surface area contributed by atoms with Crippen LogP contribution in [0.2, 0.25) is 5.02 Å². The molecule has 0 saturated carbocycles. The maximum absolute atomic E-state index is 12.5. The van der Waals surface area contributed by atoms with E-state index >= 15 is 0 Å². The minimum absolute atomic E-state index is 0.0215. The molecule has 0 radical (unpaired) electrons. The van der Waals surface area contributed by atoms with Crippen LogP contribution >= 0.6 is 11.6 Å². The number of hydrogen-bond donors (Lipinski definition) is 1. The van der Waals surface area contributed by atoms with Crippen molar-refractivity contribution in [2.45, 2.75) is 26.2 Å². The van der Waals surface area contributed by atoms with E-state index in [1.165, 1.54) is 12.0 Å². The van der Waals surface area contributed by atoms with Crippen LogP contribution in [0.4, 0.5) is 5.82 Å². The highest BCUT2D eigenvalue weighted by atomic mass is 35.5. The van der Waals surface area contributed by atoms with Crippen molar-refractivity contribution >= 4 is 23.3 Å². The normalized spacial score (nSPS) is 17.4. The second-order valence-electron chi connectivity index (χ2n) is 6.59. The largest absolute Gasteiger partial charge is 0.368 e. The van der Waals surface area contributed by atoms with Gasteiger partial charge in [-0.25, -0.2) is 9.97 Å². The third-order valence-corrected chi connectivity index (χ3v) is 4.70. The second kappa shape index (κ2) is 8.30. The number of anilines is 1. The van der Waals surface area contributed by atoms with Crippen molar-refractivity contribution in [1.82, 2.24) is 14.9 Å². The molecule has 25 heavy (non-hydrogen) atoms. The lowest BCUT2D eigenvalue weighted by atomic mass is 10.0. The number of piperidine rings is 1. The molecule has 1 atom stereocenters. The van der Waals surface area contributed by atoms with Gasteiger partial charge in [0.1, 0.15) is 11.5 Å². The van der Waals surface area contributed by atoms with Crippen molar-refractivity contribution in [3.05, 3.63) is 52.9 Å². The third-order valence-electron chi connectivity index (χ3n) is 4.45. The van der Waals surface area contributed by atoms with E-state index in [1.807, 2.05) is 29.2 Å². The summed E-state index contributed by atoms with van der Waals surface area (Å²) < 4.78 is 0. The highest BCUT2D eigenvalue weighted by Crippen LogP contribution is 2.17. The molecule has 1 fully saturated rings. The zero-order chi connectivity index (χ0) is 17.6. The number of aromatic nitrogens is 2. The van der Waals surface area contributed by atoms with Gasteiger partial charge in [-0.15, -0.1) is 0 Å². The molecule has 6 heteroatoms. The molecular formula is C19H23ClN4O. The molecule has 3 rings (SSSR count). The van der Waals surface area contributed by atoms with E-state index in [2.05, 4.69) is 22.2 Å². The van der Waals surface area contributed by atoms with Gasteiger partial charge in [0.05, 0.1) is 12.4 Å². The number of nitrogens with one attached hydrogen (secondary N) is 1. The van der Waals surface area contributed by atoms with Crippen LogP contribution < -0.4 is 5.32 Å². The van der Waals surface area contributed by atoms with Crippen LogP contribution in [0.5, 0.6) is 0 Å². The zero-order valence-electron chi connectivity index (χ0n) is 14.4. The lowest BCUT2D eigenvalue weighted by Gasteiger charge is -2.30. The van der Waals surface area contributed by atoms with Crippen LogP contribution in [-0.4, -0.2) is 40.4 Å². The van der Waals surface area contributed by atoms with Gasteiger partial charge >= 0.3 is 0 Å². The number of amides is 1. The monoisotopic (exact) mass is 358 g/mol. The number of benzene rings is 1. The summed E-state index contributed by atoms with van der Waals surface area (Å²) in [6, 6.07) is 7.80. The molecule has 1 aliphatic rings. The summed E-state index contributed by atoms with van der Waals surface area (Å²) in [4.78, 5) is 23.0. The summed E-state index contributed by atoms with van der Waals surface area (Å²) in [5.74, 6) is 1.21. The van der Waals surface area contributed by atoms with E-state index in [0.29, 0.717) is 17.4 Å². The molecule has 2 aromatic rings. The van der Waals surface area contributed by atoms with E-state index < -0.39 is 0 Å². The molecule has 1 saturated heterocycles. The van der Waals surface area contributed by atoms with Gasteiger partial charge in [-0.1, -0.05) is 30.7 Å². The van der Waals surface area contributed by atoms with Crippen molar-refractivity contribution in [2.24, 2.45) is 5.92 Å². The molecule has 1 unspecified atom stereocenters. The van der Waals surface area contributed by atoms with Gasteiger partial charge < -0.3 is 10.2 Å². The van der Waals surface area contributed by atoms with E-state index in [0.717, 1.165) is 37.5 Å². The summed E-state index contributed by atoms with van der Waals surface area (Å²) in [5, 5.41) is 3.97. The van der Waals surface area contributed by atoms with Crippen LogP contribution in [0, 0.1) is 5.92 Å². The zero-order valence-corrected chi connectivity index (χ0v) is 15.2. The first-order valence-corrected chi connectivity index (χ1v) is 9.09. The predicted octanol–water partition coefficient (Wildman–Crippen LogP) is 3.66. The van der Waals surface area contributed by atoms with E-state index in [4.69, 9.17) is 11.6 Å². The lowest BCUT2D eigenvalue weighted by molar-refractivity contribution is 0.0676. The number of halogens is 1. The molecule has 5 nitrogen and oxygen atoms in total. The average Bonchev–Trinajstić information content (AvgIpc) is 2.63. The smallest absolute Gasteiger partial charge is 0.274 e. The van der Waals surface area contributed by atoms with Crippen molar-refractivity contribution in [2.75, 3.05) is 25.0 Å². The maximum atomic E-state index is 12.5. The standard InChI is InChI=1S/C19H23ClN4O/c1-14-3-2-10-24(13-14)19(25)17-11-23-18(12-22-17)21-9-8-15-4-6-16(20)7-5-15/h4-7,11-12,14H,2-3,8-10,13H2,1H3,(H,21,23). The molecule has 1 N–H and O–H groups in total. The molecule has 0 bridgehead atoms. The molecule has 132 valence electrons. The van der Waals surface area contributed by atoms with Crippen molar-refractivity contribution in [1.29, 1.82) is 0 Å². The highest BCUT2D eigenvalue weighted by Gasteiger charge is 2.23.